The van der Waals surface area contributed by atoms with Gasteiger partial charge in [-0.2, -0.15) is 0 Å². The summed E-state index contributed by atoms with van der Waals surface area (Å²) in [7, 11) is 0. The molecule has 0 radical (unpaired) electrons. The summed E-state index contributed by atoms with van der Waals surface area (Å²) in [6.07, 6.45) is 0.988. The van der Waals surface area contributed by atoms with Gasteiger partial charge < -0.3 is 5.32 Å². The first kappa shape index (κ1) is 13.0. The van der Waals surface area contributed by atoms with Crippen LogP contribution in [0.4, 0.5) is 10.1 Å². The third kappa shape index (κ3) is 3.05. The lowest BCUT2D eigenvalue weighted by atomic mass is 10.3. The van der Waals surface area contributed by atoms with Crippen LogP contribution in [-0.2, 0) is 0 Å². The fourth-order valence-electron chi connectivity index (χ4n) is 1.29. The molecule has 0 bridgehead atoms. The zero-order valence-electron chi connectivity index (χ0n) is 8.95. The molecule has 3 nitrogen and oxygen atoms in total. The van der Waals surface area contributed by atoms with E-state index in [1.807, 2.05) is 0 Å². The molecule has 0 aliphatic rings. The van der Waals surface area contributed by atoms with Crippen molar-refractivity contribution in [3.8, 4) is 0 Å². The van der Waals surface area contributed by atoms with E-state index in [0.29, 0.717) is 15.2 Å². The molecule has 18 heavy (non-hydrogen) atoms. The van der Waals surface area contributed by atoms with Crippen LogP contribution in [0, 0.1) is 5.82 Å². The number of anilines is 1. The number of carbonyl (C=O) groups is 1. The summed E-state index contributed by atoms with van der Waals surface area (Å²) >= 11 is 9.12. The zero-order chi connectivity index (χ0) is 13.1. The fraction of sp³-hybridized carbons (Fsp3) is 0. The molecule has 1 aromatic carbocycles. The molecule has 0 aliphatic heterocycles. The van der Waals surface area contributed by atoms with E-state index in [9.17, 15) is 9.18 Å². The molecule has 0 fully saturated rings. The number of nitrogens with one attached hydrogen (secondary N) is 1. The van der Waals surface area contributed by atoms with Gasteiger partial charge in [0.1, 0.15) is 11.5 Å². The number of hydrogen-bond acceptors (Lipinski definition) is 2. The highest BCUT2D eigenvalue weighted by Gasteiger charge is 2.10. The molecule has 2 aromatic rings. The van der Waals surface area contributed by atoms with Crippen molar-refractivity contribution in [2.24, 2.45) is 0 Å². The Bertz CT molecular complexity index is 589. The molecule has 0 saturated carbocycles. The molecule has 1 heterocycles. The summed E-state index contributed by atoms with van der Waals surface area (Å²) < 4.78 is 13.4. The normalized spacial score (nSPS) is 10.2. The van der Waals surface area contributed by atoms with Gasteiger partial charge in [0.25, 0.3) is 5.91 Å². The first-order valence-electron chi connectivity index (χ1n) is 4.94. The average Bonchev–Trinajstić information content (AvgIpc) is 2.34. The first-order valence-corrected chi connectivity index (χ1v) is 6.11. The molecule has 0 saturated heterocycles. The molecule has 2 rings (SSSR count). The van der Waals surface area contributed by atoms with Crippen LogP contribution in [0.1, 0.15) is 10.5 Å². The highest BCUT2D eigenvalue weighted by atomic mass is 79.9. The van der Waals surface area contributed by atoms with E-state index in [0.717, 1.165) is 6.20 Å². The van der Waals surface area contributed by atoms with Gasteiger partial charge in [-0.05, 0) is 46.3 Å². The third-order valence-electron chi connectivity index (χ3n) is 2.14. The Morgan fingerprint density at radius 2 is 2.11 bits per heavy atom. The van der Waals surface area contributed by atoms with Crippen LogP contribution in [0.25, 0.3) is 0 Å². The van der Waals surface area contributed by atoms with Crippen molar-refractivity contribution in [1.29, 1.82) is 0 Å². The van der Waals surface area contributed by atoms with Crippen molar-refractivity contribution < 1.29 is 9.18 Å². The van der Waals surface area contributed by atoms with Gasteiger partial charge in [0, 0.05) is 9.50 Å². The highest BCUT2D eigenvalue weighted by molar-refractivity contribution is 9.10. The molecular formula is C12H7BrClFN2O. The monoisotopic (exact) mass is 328 g/mol. The molecule has 0 unspecified atom stereocenters. The minimum atomic E-state index is -0.490. The van der Waals surface area contributed by atoms with E-state index < -0.39 is 11.7 Å². The Hall–Kier alpha value is -1.46. The van der Waals surface area contributed by atoms with E-state index in [-0.39, 0.29) is 5.69 Å². The number of pyridine rings is 1. The van der Waals surface area contributed by atoms with Gasteiger partial charge in [-0.3, -0.25) is 4.79 Å². The number of aromatic nitrogens is 1. The predicted molar refractivity (Wildman–Crippen MR) is 71.3 cm³/mol. The van der Waals surface area contributed by atoms with Gasteiger partial charge in [-0.1, -0.05) is 11.6 Å². The summed E-state index contributed by atoms with van der Waals surface area (Å²) in [5.41, 5.74) is 0.655. The van der Waals surface area contributed by atoms with Crippen LogP contribution >= 0.6 is 27.5 Å². The standard InChI is InChI=1S/C12H7BrClFN2O/c13-9-3-1-7(14)5-11(9)17-12(18)10-4-2-8(15)6-16-10/h1-6H,(H,17,18). The second-order valence-corrected chi connectivity index (χ2v) is 4.73. The van der Waals surface area contributed by atoms with Crippen LogP contribution in [0.5, 0.6) is 0 Å². The minimum absolute atomic E-state index is 0.128. The minimum Gasteiger partial charge on any atom is -0.320 e. The molecule has 6 heteroatoms. The molecular weight excluding hydrogens is 322 g/mol. The van der Waals surface area contributed by atoms with Crippen molar-refractivity contribution >= 4 is 39.1 Å². The van der Waals surface area contributed by atoms with Crippen LogP contribution < -0.4 is 5.32 Å². The van der Waals surface area contributed by atoms with Gasteiger partial charge in [-0.15, -0.1) is 0 Å². The van der Waals surface area contributed by atoms with Crippen LogP contribution in [0.3, 0.4) is 0 Å². The number of carbonyl (C=O) groups excluding carboxylic acids is 1. The molecule has 1 N–H and O–H groups in total. The Kier molecular flexibility index (Phi) is 3.93. The smallest absolute Gasteiger partial charge is 0.274 e. The summed E-state index contributed by atoms with van der Waals surface area (Å²) in [6.45, 7) is 0. The van der Waals surface area contributed by atoms with Crippen LogP contribution in [0.2, 0.25) is 5.02 Å². The second kappa shape index (κ2) is 5.46. The SMILES string of the molecule is O=C(Nc1cc(Cl)ccc1Br)c1ccc(F)cn1. The third-order valence-corrected chi connectivity index (χ3v) is 3.06. The van der Waals surface area contributed by atoms with E-state index in [1.54, 1.807) is 18.2 Å². The van der Waals surface area contributed by atoms with Gasteiger partial charge in [0.05, 0.1) is 11.9 Å². The maximum Gasteiger partial charge on any atom is 0.274 e. The van der Waals surface area contributed by atoms with E-state index in [1.165, 1.54) is 12.1 Å². The Balaban J connectivity index is 2.21. The van der Waals surface area contributed by atoms with Crippen molar-refractivity contribution in [2.75, 3.05) is 5.32 Å². The number of nitrogens with zero attached hydrogens (tertiary/aromatic N) is 1. The number of amides is 1. The van der Waals surface area contributed by atoms with Gasteiger partial charge in [0.2, 0.25) is 0 Å². The molecule has 1 aromatic heterocycles. The van der Waals surface area contributed by atoms with E-state index in [4.69, 9.17) is 11.6 Å². The van der Waals surface area contributed by atoms with Crippen molar-refractivity contribution in [1.82, 2.24) is 4.98 Å². The van der Waals surface area contributed by atoms with Crippen molar-refractivity contribution in [2.45, 2.75) is 0 Å². The Labute approximate surface area is 116 Å². The van der Waals surface area contributed by atoms with E-state index >= 15 is 0 Å². The predicted octanol–water partition coefficient (Wildman–Crippen LogP) is 3.89. The topological polar surface area (TPSA) is 42.0 Å². The molecule has 1 amide bonds. The van der Waals surface area contributed by atoms with Gasteiger partial charge in [0.15, 0.2) is 0 Å². The quantitative estimate of drug-likeness (QED) is 0.908. The number of benzene rings is 1. The van der Waals surface area contributed by atoms with Crippen molar-refractivity contribution in [3.05, 3.63) is 57.5 Å². The van der Waals surface area contributed by atoms with Gasteiger partial charge >= 0.3 is 0 Å². The number of halogens is 3. The van der Waals surface area contributed by atoms with Gasteiger partial charge in [-0.25, -0.2) is 9.37 Å². The van der Waals surface area contributed by atoms with Crippen molar-refractivity contribution in [3.63, 3.8) is 0 Å². The van der Waals surface area contributed by atoms with E-state index in [2.05, 4.69) is 26.2 Å². The molecule has 0 spiro atoms. The summed E-state index contributed by atoms with van der Waals surface area (Å²) in [5.74, 6) is -0.923. The first-order chi connectivity index (χ1) is 8.56. The molecule has 0 atom stereocenters. The van der Waals surface area contributed by atoms with Crippen LogP contribution in [0.15, 0.2) is 41.0 Å². The second-order valence-electron chi connectivity index (χ2n) is 3.44. The fourth-order valence-corrected chi connectivity index (χ4v) is 1.81. The lowest BCUT2D eigenvalue weighted by molar-refractivity contribution is 0.102. The maximum absolute atomic E-state index is 12.7. The number of rotatable bonds is 2. The Morgan fingerprint density at radius 1 is 1.33 bits per heavy atom. The molecule has 0 aliphatic carbocycles. The van der Waals surface area contributed by atoms with Crippen LogP contribution in [-0.4, -0.2) is 10.9 Å². The largest absolute Gasteiger partial charge is 0.320 e. The zero-order valence-corrected chi connectivity index (χ0v) is 11.3. The Morgan fingerprint density at radius 3 is 2.78 bits per heavy atom. The number of hydrogen-bond donors (Lipinski definition) is 1. The average molecular weight is 330 g/mol. The summed E-state index contributed by atoms with van der Waals surface area (Å²) in [5, 5.41) is 3.13. The highest BCUT2D eigenvalue weighted by Crippen LogP contribution is 2.26. The summed E-state index contributed by atoms with van der Waals surface area (Å²) in [4.78, 5) is 15.5. The maximum atomic E-state index is 12.7. The lowest BCUT2D eigenvalue weighted by Crippen LogP contribution is -2.13. The molecule has 92 valence electrons. The lowest BCUT2D eigenvalue weighted by Gasteiger charge is -2.07. The summed E-state index contributed by atoms with van der Waals surface area (Å²) in [6, 6.07) is 7.50.